The van der Waals surface area contributed by atoms with Crippen LogP contribution in [0, 0.1) is 5.92 Å². The molecule has 1 aliphatic rings. The van der Waals surface area contributed by atoms with Gasteiger partial charge in [0.15, 0.2) is 0 Å². The number of carboxylic acid groups (broad SMARTS) is 1. The molecule has 2 rings (SSSR count). The van der Waals surface area contributed by atoms with Crippen LogP contribution in [0.25, 0.3) is 0 Å². The first-order valence-corrected chi connectivity index (χ1v) is 7.36. The Kier molecular flexibility index (Phi) is 3.98. The van der Waals surface area contributed by atoms with Gasteiger partial charge in [0.25, 0.3) is 0 Å². The highest BCUT2D eigenvalue weighted by molar-refractivity contribution is 7.89. The lowest BCUT2D eigenvalue weighted by molar-refractivity contribution is 0.0693. The molecule has 0 bridgehead atoms. The second-order valence-corrected chi connectivity index (χ2v) is 6.48. The molecule has 2 N–H and O–H groups in total. The van der Waals surface area contributed by atoms with Gasteiger partial charge in [0.1, 0.15) is 11.3 Å². The van der Waals surface area contributed by atoms with Crippen LogP contribution in [0.1, 0.15) is 10.4 Å². The average molecular weight is 301 g/mol. The van der Waals surface area contributed by atoms with Crippen molar-refractivity contribution in [3.63, 3.8) is 0 Å². The molecule has 0 aliphatic carbocycles. The van der Waals surface area contributed by atoms with Crippen LogP contribution in [0.15, 0.2) is 23.1 Å². The van der Waals surface area contributed by atoms with E-state index in [-0.39, 0.29) is 41.8 Å². The van der Waals surface area contributed by atoms with Crippen LogP contribution in [-0.4, -0.2) is 55.7 Å². The number of carboxylic acids is 1. The molecule has 1 aromatic rings. The summed E-state index contributed by atoms with van der Waals surface area (Å²) in [5.74, 6) is -1.20. The highest BCUT2D eigenvalue weighted by Crippen LogP contribution is 2.28. The standard InChI is InChI=1S/C12H15NO6S/c1-19-11-3-2-9(4-10(11)12(15)16)20(17,18)13-5-8(6-13)7-14/h2-4,8,14H,5-7H2,1H3,(H,15,16). The van der Waals surface area contributed by atoms with Crippen molar-refractivity contribution in [2.45, 2.75) is 4.90 Å². The molecule has 1 fully saturated rings. The van der Waals surface area contributed by atoms with Crippen LogP contribution >= 0.6 is 0 Å². The lowest BCUT2D eigenvalue weighted by Gasteiger charge is -2.36. The maximum atomic E-state index is 12.3. The molecule has 0 amide bonds. The molecule has 110 valence electrons. The third-order valence-corrected chi connectivity index (χ3v) is 5.05. The number of ether oxygens (including phenoxy) is 1. The number of rotatable bonds is 5. The summed E-state index contributed by atoms with van der Waals surface area (Å²) in [6, 6.07) is 3.72. The summed E-state index contributed by atoms with van der Waals surface area (Å²) in [6.45, 7) is 0.426. The van der Waals surface area contributed by atoms with Crippen molar-refractivity contribution < 1.29 is 28.2 Å². The van der Waals surface area contributed by atoms with E-state index in [1.807, 2.05) is 0 Å². The number of hydrogen-bond donors (Lipinski definition) is 2. The molecule has 20 heavy (non-hydrogen) atoms. The number of aromatic carboxylic acids is 1. The van der Waals surface area contributed by atoms with Crippen molar-refractivity contribution in [3.05, 3.63) is 23.8 Å². The largest absolute Gasteiger partial charge is 0.496 e. The minimum atomic E-state index is -3.72. The number of nitrogens with zero attached hydrogens (tertiary/aromatic N) is 1. The van der Waals surface area contributed by atoms with E-state index in [0.717, 1.165) is 6.07 Å². The van der Waals surface area contributed by atoms with Crippen molar-refractivity contribution in [1.29, 1.82) is 0 Å². The molecule has 0 spiro atoms. The van der Waals surface area contributed by atoms with E-state index in [0.29, 0.717) is 0 Å². The number of carbonyl (C=O) groups is 1. The van der Waals surface area contributed by atoms with Crippen molar-refractivity contribution in [2.75, 3.05) is 26.8 Å². The van der Waals surface area contributed by atoms with Crippen LogP contribution in [0.4, 0.5) is 0 Å². The van der Waals surface area contributed by atoms with E-state index in [1.165, 1.54) is 23.5 Å². The number of sulfonamides is 1. The summed E-state index contributed by atoms with van der Waals surface area (Å²) < 4.78 is 30.6. The van der Waals surface area contributed by atoms with Gasteiger partial charge in [-0.3, -0.25) is 0 Å². The van der Waals surface area contributed by atoms with Gasteiger partial charge in [-0.15, -0.1) is 0 Å². The molecule has 1 saturated heterocycles. The zero-order valence-electron chi connectivity index (χ0n) is 10.8. The van der Waals surface area contributed by atoms with Crippen molar-refractivity contribution in [3.8, 4) is 5.75 Å². The van der Waals surface area contributed by atoms with E-state index in [1.54, 1.807) is 0 Å². The Morgan fingerprint density at radius 1 is 1.45 bits per heavy atom. The topological polar surface area (TPSA) is 104 Å². The minimum Gasteiger partial charge on any atom is -0.496 e. The first-order valence-electron chi connectivity index (χ1n) is 5.92. The molecule has 8 heteroatoms. The Bertz CT molecular complexity index is 621. The molecule has 1 heterocycles. The molecule has 0 atom stereocenters. The third kappa shape index (κ3) is 2.49. The zero-order valence-corrected chi connectivity index (χ0v) is 11.6. The van der Waals surface area contributed by atoms with Gasteiger partial charge in [-0.2, -0.15) is 4.31 Å². The Morgan fingerprint density at radius 3 is 2.60 bits per heavy atom. The monoisotopic (exact) mass is 301 g/mol. The number of hydrogen-bond acceptors (Lipinski definition) is 5. The van der Waals surface area contributed by atoms with Gasteiger partial charge in [0.05, 0.1) is 12.0 Å². The van der Waals surface area contributed by atoms with E-state index in [2.05, 4.69) is 0 Å². The van der Waals surface area contributed by atoms with Gasteiger partial charge in [0, 0.05) is 25.6 Å². The van der Waals surface area contributed by atoms with E-state index < -0.39 is 16.0 Å². The summed E-state index contributed by atoms with van der Waals surface area (Å²) in [6.07, 6.45) is 0. The first-order chi connectivity index (χ1) is 9.40. The molecule has 0 radical (unpaired) electrons. The molecule has 0 aromatic heterocycles. The van der Waals surface area contributed by atoms with Gasteiger partial charge in [-0.25, -0.2) is 13.2 Å². The predicted molar refractivity (Wildman–Crippen MR) is 69.3 cm³/mol. The molecule has 7 nitrogen and oxygen atoms in total. The van der Waals surface area contributed by atoms with Crippen LogP contribution in [0.3, 0.4) is 0 Å². The van der Waals surface area contributed by atoms with Crippen LogP contribution in [0.5, 0.6) is 5.75 Å². The van der Waals surface area contributed by atoms with Crippen LogP contribution in [0.2, 0.25) is 0 Å². The summed E-state index contributed by atoms with van der Waals surface area (Å²) in [4.78, 5) is 11.0. The molecular weight excluding hydrogens is 286 g/mol. The minimum absolute atomic E-state index is 0.0537. The fourth-order valence-electron chi connectivity index (χ4n) is 2.00. The highest BCUT2D eigenvalue weighted by Gasteiger charge is 2.36. The normalized spacial score (nSPS) is 16.7. The van der Waals surface area contributed by atoms with E-state index >= 15 is 0 Å². The van der Waals surface area contributed by atoms with Crippen LogP contribution in [-0.2, 0) is 10.0 Å². The van der Waals surface area contributed by atoms with E-state index in [9.17, 15) is 13.2 Å². The number of aliphatic hydroxyl groups excluding tert-OH is 1. The van der Waals surface area contributed by atoms with Crippen molar-refractivity contribution >= 4 is 16.0 Å². The molecule has 1 aromatic carbocycles. The lowest BCUT2D eigenvalue weighted by atomic mass is 10.1. The fraction of sp³-hybridized carbons (Fsp3) is 0.417. The molecule has 0 unspecified atom stereocenters. The molecule has 0 saturated carbocycles. The number of methoxy groups -OCH3 is 1. The SMILES string of the molecule is COc1ccc(S(=O)(=O)N2CC(CO)C2)cc1C(=O)O. The average Bonchev–Trinajstić information content (AvgIpc) is 2.36. The maximum Gasteiger partial charge on any atom is 0.339 e. The van der Waals surface area contributed by atoms with Gasteiger partial charge >= 0.3 is 5.97 Å². The Balaban J connectivity index is 2.33. The van der Waals surface area contributed by atoms with Gasteiger partial charge in [0.2, 0.25) is 10.0 Å². The fourth-order valence-corrected chi connectivity index (χ4v) is 3.62. The zero-order chi connectivity index (χ0) is 14.9. The second kappa shape index (κ2) is 5.39. The molecule has 1 aliphatic heterocycles. The maximum absolute atomic E-state index is 12.3. The van der Waals surface area contributed by atoms with Gasteiger partial charge in [-0.1, -0.05) is 0 Å². The van der Waals surface area contributed by atoms with E-state index in [4.69, 9.17) is 14.9 Å². The summed E-state index contributed by atoms with van der Waals surface area (Å²) in [7, 11) is -2.41. The second-order valence-electron chi connectivity index (χ2n) is 4.54. The molecular formula is C12H15NO6S. The van der Waals surface area contributed by atoms with Crippen molar-refractivity contribution in [2.24, 2.45) is 5.92 Å². The quantitative estimate of drug-likeness (QED) is 0.793. The summed E-state index contributed by atoms with van der Waals surface area (Å²) in [5.41, 5.74) is -0.201. The summed E-state index contributed by atoms with van der Waals surface area (Å²) >= 11 is 0. The first kappa shape index (κ1) is 14.8. The van der Waals surface area contributed by atoms with Crippen LogP contribution < -0.4 is 4.74 Å². The Hall–Kier alpha value is -1.64. The number of benzene rings is 1. The highest BCUT2D eigenvalue weighted by atomic mass is 32.2. The third-order valence-electron chi connectivity index (χ3n) is 3.22. The van der Waals surface area contributed by atoms with Crippen molar-refractivity contribution in [1.82, 2.24) is 4.31 Å². The van der Waals surface area contributed by atoms with Gasteiger partial charge in [-0.05, 0) is 18.2 Å². The smallest absolute Gasteiger partial charge is 0.339 e. The lowest BCUT2D eigenvalue weighted by Crippen LogP contribution is -2.51. The van der Waals surface area contributed by atoms with Gasteiger partial charge < -0.3 is 14.9 Å². The predicted octanol–water partition coefficient (Wildman–Crippen LogP) is 0.00620. The number of aliphatic hydroxyl groups is 1. The Morgan fingerprint density at radius 2 is 2.10 bits per heavy atom. The Labute approximate surface area is 116 Å². The summed E-state index contributed by atoms with van der Waals surface area (Å²) in [5, 5.41) is 18.0.